The van der Waals surface area contributed by atoms with Gasteiger partial charge in [-0.2, -0.15) is 0 Å². The van der Waals surface area contributed by atoms with Crippen molar-refractivity contribution in [3.63, 3.8) is 0 Å². The van der Waals surface area contributed by atoms with Crippen LogP contribution in [0.25, 0.3) is 0 Å². The van der Waals surface area contributed by atoms with Crippen molar-refractivity contribution in [1.29, 1.82) is 0 Å². The minimum atomic E-state index is -3.41. The molecule has 0 saturated heterocycles. The Morgan fingerprint density at radius 2 is 2.00 bits per heavy atom. The summed E-state index contributed by atoms with van der Waals surface area (Å²) < 4.78 is 27.5. The van der Waals surface area contributed by atoms with Crippen LogP contribution < -0.4 is 10.0 Å². The fourth-order valence-electron chi connectivity index (χ4n) is 1.71. The van der Waals surface area contributed by atoms with Crippen LogP contribution in [-0.4, -0.2) is 28.1 Å². The topological polar surface area (TPSA) is 58.2 Å². The Morgan fingerprint density at radius 3 is 2.61 bits per heavy atom. The normalized spacial score (nSPS) is 16.4. The summed E-state index contributed by atoms with van der Waals surface area (Å²) in [5, 5.41) is 3.19. The van der Waals surface area contributed by atoms with E-state index in [1.54, 1.807) is 24.3 Å². The monoisotopic (exact) mass is 330 g/mol. The highest BCUT2D eigenvalue weighted by molar-refractivity contribution is 9.10. The van der Waals surface area contributed by atoms with Gasteiger partial charge in [-0.1, -0.05) is 27.6 Å². The minimum absolute atomic E-state index is 0.292. The molecule has 0 spiro atoms. The molecule has 0 amide bonds. The molecule has 0 aliphatic carbocycles. The molecule has 1 heterocycles. The second-order valence-electron chi connectivity index (χ2n) is 4.09. The summed E-state index contributed by atoms with van der Waals surface area (Å²) in [6, 6.07) is 6.61. The molecule has 0 saturated carbocycles. The number of sulfonamides is 1. The van der Waals surface area contributed by atoms with E-state index in [0.717, 1.165) is 29.6 Å². The van der Waals surface area contributed by atoms with Crippen LogP contribution in [0.4, 0.5) is 0 Å². The lowest BCUT2D eigenvalue weighted by atomic mass is 10.1. The summed E-state index contributed by atoms with van der Waals surface area (Å²) in [5.41, 5.74) is 1.13. The van der Waals surface area contributed by atoms with Gasteiger partial charge in [0, 0.05) is 17.6 Å². The molecule has 2 rings (SSSR count). The molecule has 0 aromatic heterocycles. The molecule has 1 aliphatic heterocycles. The van der Waals surface area contributed by atoms with Crippen LogP contribution >= 0.6 is 15.9 Å². The lowest BCUT2D eigenvalue weighted by molar-refractivity contribution is 0.582. The molecule has 0 atom stereocenters. The van der Waals surface area contributed by atoms with Crippen LogP contribution in [0.1, 0.15) is 6.42 Å². The summed E-state index contributed by atoms with van der Waals surface area (Å²) >= 11 is 3.28. The van der Waals surface area contributed by atoms with Crippen molar-refractivity contribution >= 4 is 26.0 Å². The van der Waals surface area contributed by atoms with E-state index in [0.29, 0.717) is 11.4 Å². The second-order valence-corrected chi connectivity index (χ2v) is 6.78. The summed E-state index contributed by atoms with van der Waals surface area (Å²) in [6.07, 6.45) is 2.93. The number of rotatable bonds is 4. The van der Waals surface area contributed by atoms with Gasteiger partial charge < -0.3 is 5.32 Å². The zero-order chi connectivity index (χ0) is 13.0. The van der Waals surface area contributed by atoms with Gasteiger partial charge in [0.2, 0.25) is 10.0 Å². The molecule has 1 aromatic rings. The van der Waals surface area contributed by atoms with Gasteiger partial charge in [0.1, 0.15) is 0 Å². The van der Waals surface area contributed by atoms with Crippen LogP contribution in [-0.2, 0) is 10.0 Å². The van der Waals surface area contributed by atoms with Gasteiger partial charge in [0.25, 0.3) is 0 Å². The van der Waals surface area contributed by atoms with E-state index in [1.807, 2.05) is 6.08 Å². The number of benzene rings is 1. The Balaban J connectivity index is 2.03. The van der Waals surface area contributed by atoms with Gasteiger partial charge in [-0.25, -0.2) is 13.1 Å². The average Bonchev–Trinajstić information content (AvgIpc) is 2.38. The fraction of sp³-hybridized carbons (Fsp3) is 0.333. The maximum absolute atomic E-state index is 12.0. The van der Waals surface area contributed by atoms with Crippen LogP contribution in [0.5, 0.6) is 0 Å². The van der Waals surface area contributed by atoms with E-state index in [9.17, 15) is 8.42 Å². The molecule has 4 nitrogen and oxygen atoms in total. The molecule has 0 radical (unpaired) electrons. The first-order valence-electron chi connectivity index (χ1n) is 5.72. The highest BCUT2D eigenvalue weighted by Crippen LogP contribution is 2.14. The van der Waals surface area contributed by atoms with Crippen molar-refractivity contribution in [1.82, 2.24) is 10.0 Å². The predicted molar refractivity (Wildman–Crippen MR) is 74.9 cm³/mol. The molecule has 1 aromatic carbocycles. The van der Waals surface area contributed by atoms with Crippen LogP contribution in [0.2, 0.25) is 0 Å². The van der Waals surface area contributed by atoms with Crippen molar-refractivity contribution < 1.29 is 8.42 Å². The molecule has 98 valence electrons. The molecule has 0 unspecified atom stereocenters. The molecular weight excluding hydrogens is 316 g/mol. The van der Waals surface area contributed by atoms with Gasteiger partial charge in [-0.15, -0.1) is 0 Å². The summed E-state index contributed by atoms with van der Waals surface area (Å²) in [5.74, 6) is 0. The number of hydrogen-bond acceptors (Lipinski definition) is 3. The molecule has 6 heteroatoms. The van der Waals surface area contributed by atoms with Crippen molar-refractivity contribution in [2.45, 2.75) is 11.3 Å². The first-order chi connectivity index (χ1) is 8.58. The Hall–Kier alpha value is -0.690. The lowest BCUT2D eigenvalue weighted by Gasteiger charge is -2.14. The zero-order valence-electron chi connectivity index (χ0n) is 9.82. The second kappa shape index (κ2) is 5.97. The quantitative estimate of drug-likeness (QED) is 0.825. The molecule has 0 bridgehead atoms. The number of hydrogen-bond donors (Lipinski definition) is 2. The van der Waals surface area contributed by atoms with E-state index in [-0.39, 0.29) is 0 Å². The number of halogens is 1. The summed E-state index contributed by atoms with van der Waals surface area (Å²) in [7, 11) is -3.41. The van der Waals surface area contributed by atoms with Gasteiger partial charge >= 0.3 is 0 Å². The third-order valence-corrected chi connectivity index (χ3v) is 4.72. The van der Waals surface area contributed by atoms with E-state index in [2.05, 4.69) is 26.0 Å². The summed E-state index contributed by atoms with van der Waals surface area (Å²) in [4.78, 5) is 0.292. The number of nitrogens with one attached hydrogen (secondary N) is 2. The standard InChI is InChI=1S/C12H15BrN2O2S/c13-11-1-3-12(4-2-11)18(16,17)15-9-10-5-7-14-8-6-10/h1-5,14-15H,6-9H2. The van der Waals surface area contributed by atoms with E-state index in [4.69, 9.17) is 0 Å². The van der Waals surface area contributed by atoms with Crippen LogP contribution in [0.15, 0.2) is 45.3 Å². The lowest BCUT2D eigenvalue weighted by Crippen LogP contribution is -2.29. The van der Waals surface area contributed by atoms with E-state index < -0.39 is 10.0 Å². The highest BCUT2D eigenvalue weighted by atomic mass is 79.9. The first-order valence-corrected chi connectivity index (χ1v) is 7.99. The van der Waals surface area contributed by atoms with Crippen molar-refractivity contribution in [3.8, 4) is 0 Å². The molecule has 1 aliphatic rings. The smallest absolute Gasteiger partial charge is 0.240 e. The molecule has 0 fully saturated rings. The van der Waals surface area contributed by atoms with Gasteiger partial charge in [-0.05, 0) is 37.2 Å². The van der Waals surface area contributed by atoms with E-state index >= 15 is 0 Å². The van der Waals surface area contributed by atoms with Crippen molar-refractivity contribution in [3.05, 3.63) is 40.4 Å². The van der Waals surface area contributed by atoms with Gasteiger partial charge in [0.15, 0.2) is 0 Å². The largest absolute Gasteiger partial charge is 0.313 e. The Kier molecular flexibility index (Phi) is 4.55. The maximum Gasteiger partial charge on any atom is 0.240 e. The Labute approximate surface area is 116 Å². The third kappa shape index (κ3) is 3.65. The van der Waals surface area contributed by atoms with Crippen molar-refractivity contribution in [2.24, 2.45) is 0 Å². The van der Waals surface area contributed by atoms with Gasteiger partial charge in [-0.3, -0.25) is 0 Å². The fourth-order valence-corrected chi connectivity index (χ4v) is 3.02. The van der Waals surface area contributed by atoms with Crippen LogP contribution in [0, 0.1) is 0 Å². The average molecular weight is 331 g/mol. The zero-order valence-corrected chi connectivity index (χ0v) is 12.2. The van der Waals surface area contributed by atoms with E-state index in [1.165, 1.54) is 0 Å². The maximum atomic E-state index is 12.0. The molecule has 18 heavy (non-hydrogen) atoms. The Bertz CT molecular complexity index is 538. The van der Waals surface area contributed by atoms with Gasteiger partial charge in [0.05, 0.1) is 4.90 Å². The molecular formula is C12H15BrN2O2S. The summed E-state index contributed by atoms with van der Waals surface area (Å²) in [6.45, 7) is 2.11. The highest BCUT2D eigenvalue weighted by Gasteiger charge is 2.14. The SMILES string of the molecule is O=S(=O)(NCC1=CCNCC1)c1ccc(Br)cc1. The predicted octanol–water partition coefficient (Wildman–Crippen LogP) is 1.65. The van der Waals surface area contributed by atoms with Crippen LogP contribution in [0.3, 0.4) is 0 Å². The van der Waals surface area contributed by atoms with Crippen molar-refractivity contribution in [2.75, 3.05) is 19.6 Å². The minimum Gasteiger partial charge on any atom is -0.313 e. The third-order valence-electron chi connectivity index (χ3n) is 2.77. The molecule has 2 N–H and O–H groups in total. The first kappa shape index (κ1) is 13.7. The Morgan fingerprint density at radius 1 is 1.28 bits per heavy atom.